The number of morpholine rings is 1. The second-order valence-corrected chi connectivity index (χ2v) is 9.51. The number of nitrogens with one attached hydrogen (secondary N) is 1. The minimum atomic E-state index is -0.509. The Hall–Kier alpha value is -2.64. The zero-order valence-electron chi connectivity index (χ0n) is 18.6. The number of ether oxygens (including phenoxy) is 1. The van der Waals surface area contributed by atoms with Crippen LogP contribution in [0.5, 0.6) is 0 Å². The first-order valence-corrected chi connectivity index (χ1v) is 12.2. The highest BCUT2D eigenvalue weighted by molar-refractivity contribution is 6.31. The lowest BCUT2D eigenvalue weighted by Gasteiger charge is -2.33. The van der Waals surface area contributed by atoms with E-state index in [-0.39, 0.29) is 17.9 Å². The highest BCUT2D eigenvalue weighted by Gasteiger charge is 2.47. The Kier molecular flexibility index (Phi) is 6.51. The van der Waals surface area contributed by atoms with Gasteiger partial charge in [0.2, 0.25) is 5.91 Å². The maximum absolute atomic E-state index is 13.5. The second-order valence-electron chi connectivity index (χ2n) is 9.08. The molecule has 3 heterocycles. The van der Waals surface area contributed by atoms with Gasteiger partial charge in [-0.25, -0.2) is 4.98 Å². The fourth-order valence-corrected chi connectivity index (χ4v) is 5.63. The van der Waals surface area contributed by atoms with Crippen LogP contribution < -0.4 is 10.2 Å². The van der Waals surface area contributed by atoms with E-state index in [2.05, 4.69) is 15.2 Å². The highest BCUT2D eigenvalue weighted by Crippen LogP contribution is 2.41. The summed E-state index contributed by atoms with van der Waals surface area (Å²) in [7, 11) is 0. The number of halogens is 1. The number of hydrogen-bond acceptors (Lipinski definition) is 5. The summed E-state index contributed by atoms with van der Waals surface area (Å²) in [5.41, 5.74) is 1.54. The van der Waals surface area contributed by atoms with Gasteiger partial charge < -0.3 is 19.9 Å². The van der Waals surface area contributed by atoms with Crippen LogP contribution in [0.25, 0.3) is 0 Å². The number of nitrogens with zero attached hydrogens (tertiary/aromatic N) is 3. The Morgan fingerprint density at radius 1 is 1.09 bits per heavy atom. The number of hydrogen-bond donors (Lipinski definition) is 1. The van der Waals surface area contributed by atoms with Crippen LogP contribution >= 0.6 is 11.6 Å². The van der Waals surface area contributed by atoms with E-state index in [0.717, 1.165) is 44.5 Å². The van der Waals surface area contributed by atoms with Crippen LogP contribution in [0, 0.1) is 5.92 Å². The normalized spacial score (nSPS) is 24.9. The van der Waals surface area contributed by atoms with Crippen LogP contribution in [0.4, 0.5) is 11.5 Å². The van der Waals surface area contributed by atoms with Crippen LogP contribution in [0.1, 0.15) is 42.5 Å². The third-order valence-electron chi connectivity index (χ3n) is 7.07. The topological polar surface area (TPSA) is 74.8 Å². The molecule has 2 aliphatic heterocycles. The Bertz CT molecular complexity index is 1010. The number of anilines is 2. The number of carbonyl (C=O) groups is 2. The Morgan fingerprint density at radius 3 is 2.67 bits per heavy atom. The summed E-state index contributed by atoms with van der Waals surface area (Å²) >= 11 is 6.14. The Balaban J connectivity index is 1.33. The van der Waals surface area contributed by atoms with Crippen molar-refractivity contribution in [3.05, 3.63) is 53.2 Å². The van der Waals surface area contributed by atoms with Gasteiger partial charge in [0.25, 0.3) is 5.91 Å². The molecule has 1 aliphatic carbocycles. The molecule has 0 spiro atoms. The standard InChI is InChI=1S/C25H29ClN4O3/c26-19-6-3-5-18(14-19)25(32)30-21-7-2-1-4-17(21)15-22(30)24(31)28-23-9-8-20(16-27-23)29-10-12-33-13-11-29/h3,5-6,8-9,14,16-17,21-22H,1-2,4,7,10-13,15H2,(H,27,28,31). The van der Waals surface area contributed by atoms with Crippen LogP contribution in [-0.2, 0) is 9.53 Å². The van der Waals surface area contributed by atoms with Gasteiger partial charge in [0.1, 0.15) is 11.9 Å². The molecule has 2 amide bonds. The van der Waals surface area contributed by atoms with E-state index in [4.69, 9.17) is 16.3 Å². The highest BCUT2D eigenvalue weighted by atomic mass is 35.5. The molecule has 3 atom stereocenters. The average Bonchev–Trinajstić information content (AvgIpc) is 3.24. The number of likely N-dealkylation sites (tertiary alicyclic amines) is 1. The van der Waals surface area contributed by atoms with Gasteiger partial charge >= 0.3 is 0 Å². The van der Waals surface area contributed by atoms with Crippen LogP contribution in [-0.4, -0.2) is 60.1 Å². The van der Waals surface area contributed by atoms with Gasteiger partial charge in [-0.15, -0.1) is 0 Å². The summed E-state index contributed by atoms with van der Waals surface area (Å²) in [5, 5.41) is 3.48. The van der Waals surface area contributed by atoms with Gasteiger partial charge in [0.15, 0.2) is 0 Å². The molecule has 2 aromatic rings. The van der Waals surface area contributed by atoms with Gasteiger partial charge in [0, 0.05) is 29.7 Å². The fraction of sp³-hybridized carbons (Fsp3) is 0.480. The average molecular weight is 469 g/mol. The first kappa shape index (κ1) is 22.2. The molecular weight excluding hydrogens is 440 g/mol. The molecule has 3 unspecified atom stereocenters. The minimum Gasteiger partial charge on any atom is -0.378 e. The monoisotopic (exact) mass is 468 g/mol. The van der Waals surface area contributed by atoms with E-state index in [1.165, 1.54) is 0 Å². The molecule has 3 fully saturated rings. The lowest BCUT2D eigenvalue weighted by molar-refractivity contribution is -0.120. The number of rotatable bonds is 4. The molecule has 0 radical (unpaired) electrons. The summed E-state index contributed by atoms with van der Waals surface area (Å²) in [6.45, 7) is 3.08. The van der Waals surface area contributed by atoms with E-state index in [1.54, 1.807) is 30.5 Å². The molecule has 1 aromatic carbocycles. The minimum absolute atomic E-state index is 0.0950. The summed E-state index contributed by atoms with van der Waals surface area (Å²) in [4.78, 5) is 35.3. The van der Waals surface area contributed by atoms with E-state index in [0.29, 0.717) is 42.0 Å². The first-order valence-electron chi connectivity index (χ1n) is 11.8. The molecule has 1 aromatic heterocycles. The SMILES string of the molecule is O=C(Nc1ccc(N2CCOCC2)cn1)C1CC2CCCCC2N1C(=O)c1cccc(Cl)c1. The number of pyridine rings is 1. The van der Waals surface area contributed by atoms with Crippen molar-refractivity contribution in [3.8, 4) is 0 Å². The maximum atomic E-state index is 13.5. The van der Waals surface area contributed by atoms with Crippen LogP contribution in [0.15, 0.2) is 42.6 Å². The summed E-state index contributed by atoms with van der Waals surface area (Å²) in [6.07, 6.45) is 6.70. The van der Waals surface area contributed by atoms with E-state index >= 15 is 0 Å². The molecule has 2 saturated heterocycles. The van der Waals surface area contributed by atoms with E-state index < -0.39 is 6.04 Å². The molecule has 1 N–H and O–H groups in total. The lowest BCUT2D eigenvalue weighted by Crippen LogP contribution is -2.47. The predicted molar refractivity (Wildman–Crippen MR) is 128 cm³/mol. The lowest BCUT2D eigenvalue weighted by atomic mass is 9.84. The summed E-state index contributed by atoms with van der Waals surface area (Å²) in [5.74, 6) is 0.561. The number of fused-ring (bicyclic) bond motifs is 1. The van der Waals surface area contributed by atoms with Gasteiger partial charge in [0.05, 0.1) is 25.1 Å². The first-order chi connectivity index (χ1) is 16.1. The van der Waals surface area contributed by atoms with Crippen molar-refractivity contribution in [2.75, 3.05) is 36.5 Å². The Labute approximate surface area is 199 Å². The molecule has 5 rings (SSSR count). The summed E-state index contributed by atoms with van der Waals surface area (Å²) in [6, 6.07) is 10.4. The molecule has 0 bridgehead atoms. The van der Waals surface area contributed by atoms with Crippen molar-refractivity contribution < 1.29 is 14.3 Å². The largest absolute Gasteiger partial charge is 0.378 e. The second kappa shape index (κ2) is 9.69. The van der Waals surface area contributed by atoms with Crippen molar-refractivity contribution in [1.82, 2.24) is 9.88 Å². The molecule has 8 heteroatoms. The maximum Gasteiger partial charge on any atom is 0.254 e. The van der Waals surface area contributed by atoms with Gasteiger partial charge in [-0.05, 0) is 55.5 Å². The quantitative estimate of drug-likeness (QED) is 0.734. The van der Waals surface area contributed by atoms with Gasteiger partial charge in [-0.3, -0.25) is 9.59 Å². The smallest absolute Gasteiger partial charge is 0.254 e. The third kappa shape index (κ3) is 4.70. The summed E-state index contributed by atoms with van der Waals surface area (Å²) < 4.78 is 5.40. The zero-order valence-corrected chi connectivity index (χ0v) is 19.3. The van der Waals surface area contributed by atoms with Crippen LogP contribution in [0.3, 0.4) is 0 Å². The van der Waals surface area contributed by atoms with Crippen molar-refractivity contribution in [2.45, 2.75) is 44.2 Å². The molecular formula is C25H29ClN4O3. The molecule has 174 valence electrons. The van der Waals surface area contributed by atoms with Crippen LogP contribution in [0.2, 0.25) is 5.02 Å². The number of amides is 2. The third-order valence-corrected chi connectivity index (χ3v) is 7.31. The van der Waals surface area contributed by atoms with Crippen molar-refractivity contribution in [3.63, 3.8) is 0 Å². The molecule has 3 aliphatic rings. The number of aromatic nitrogens is 1. The van der Waals surface area contributed by atoms with E-state index in [1.807, 2.05) is 17.0 Å². The molecule has 7 nitrogen and oxygen atoms in total. The van der Waals surface area contributed by atoms with Gasteiger partial charge in [-0.1, -0.05) is 30.5 Å². The predicted octanol–water partition coefficient (Wildman–Crippen LogP) is 3.98. The Morgan fingerprint density at radius 2 is 1.91 bits per heavy atom. The zero-order chi connectivity index (χ0) is 22.8. The molecule has 1 saturated carbocycles. The van der Waals surface area contributed by atoms with Crippen molar-refractivity contribution in [2.24, 2.45) is 5.92 Å². The fourth-order valence-electron chi connectivity index (χ4n) is 5.43. The van der Waals surface area contributed by atoms with Crippen molar-refractivity contribution >= 4 is 34.9 Å². The van der Waals surface area contributed by atoms with E-state index in [9.17, 15) is 9.59 Å². The van der Waals surface area contributed by atoms with Crippen molar-refractivity contribution in [1.29, 1.82) is 0 Å². The molecule has 33 heavy (non-hydrogen) atoms. The number of benzene rings is 1. The number of carbonyl (C=O) groups excluding carboxylic acids is 2. The van der Waals surface area contributed by atoms with Gasteiger partial charge in [-0.2, -0.15) is 0 Å².